The van der Waals surface area contributed by atoms with Crippen molar-refractivity contribution >= 4 is 11.9 Å². The Kier molecular flexibility index (Phi) is 34.1. The van der Waals surface area contributed by atoms with Crippen LogP contribution in [-0.2, 0) is 14.3 Å². The fourth-order valence-electron chi connectivity index (χ4n) is 5.61. The fourth-order valence-corrected chi connectivity index (χ4v) is 5.61. The van der Waals surface area contributed by atoms with Crippen LogP contribution in [0.2, 0.25) is 0 Å². The standard InChI is InChI=1S/C40H72O4/c1-3-5-7-9-11-13-15-16-17-18-19-21-23-29-33-37-40(43)44-38(35-31-27-24-25-28-32-36-39(41)42)34-30-26-22-20-14-12-10-8-6-4-2/h5,7,11,13,16-17,38H,3-4,6,8-10,12,14-15,18-37H2,1-2H3,(H,41,42)/b7-5-,13-11-,17-16-. The third-order valence-corrected chi connectivity index (χ3v) is 8.38. The molecule has 4 nitrogen and oxygen atoms in total. The smallest absolute Gasteiger partial charge is 0.306 e. The van der Waals surface area contributed by atoms with Crippen molar-refractivity contribution < 1.29 is 19.4 Å². The molecular weight excluding hydrogens is 544 g/mol. The molecule has 44 heavy (non-hydrogen) atoms. The Balaban J connectivity index is 4.08. The largest absolute Gasteiger partial charge is 0.481 e. The van der Waals surface area contributed by atoms with Gasteiger partial charge in [0.25, 0.3) is 0 Å². The average molecular weight is 617 g/mol. The summed E-state index contributed by atoms with van der Waals surface area (Å²) in [7, 11) is 0. The van der Waals surface area contributed by atoms with Crippen LogP contribution in [0.4, 0.5) is 0 Å². The fraction of sp³-hybridized carbons (Fsp3) is 0.800. The number of aliphatic carboxylic acids is 1. The van der Waals surface area contributed by atoms with Gasteiger partial charge < -0.3 is 9.84 Å². The molecular formula is C40H72O4. The summed E-state index contributed by atoms with van der Waals surface area (Å²) in [5, 5.41) is 8.78. The Morgan fingerprint density at radius 3 is 1.48 bits per heavy atom. The Bertz CT molecular complexity index is 708. The molecule has 0 radical (unpaired) electrons. The van der Waals surface area contributed by atoms with Crippen molar-refractivity contribution in [2.24, 2.45) is 0 Å². The van der Waals surface area contributed by atoms with Gasteiger partial charge in [-0.1, -0.05) is 153 Å². The van der Waals surface area contributed by atoms with E-state index < -0.39 is 5.97 Å². The van der Waals surface area contributed by atoms with E-state index in [1.165, 1.54) is 77.0 Å². The summed E-state index contributed by atoms with van der Waals surface area (Å²) in [5.41, 5.74) is 0. The molecule has 1 unspecified atom stereocenters. The highest BCUT2D eigenvalue weighted by Crippen LogP contribution is 2.19. The molecule has 1 atom stereocenters. The molecule has 256 valence electrons. The molecule has 0 aromatic carbocycles. The number of allylic oxidation sites excluding steroid dienone is 6. The molecule has 4 heteroatoms. The van der Waals surface area contributed by atoms with Gasteiger partial charge in [-0.25, -0.2) is 0 Å². The molecule has 0 aliphatic heterocycles. The van der Waals surface area contributed by atoms with Crippen LogP contribution in [0.1, 0.15) is 200 Å². The lowest BCUT2D eigenvalue weighted by Gasteiger charge is -2.18. The zero-order valence-corrected chi connectivity index (χ0v) is 29.2. The molecule has 0 heterocycles. The van der Waals surface area contributed by atoms with Crippen molar-refractivity contribution in [1.82, 2.24) is 0 Å². The summed E-state index contributed by atoms with van der Waals surface area (Å²) >= 11 is 0. The lowest BCUT2D eigenvalue weighted by Crippen LogP contribution is -2.18. The van der Waals surface area contributed by atoms with Crippen molar-refractivity contribution in [3.8, 4) is 0 Å². The summed E-state index contributed by atoms with van der Waals surface area (Å²) < 4.78 is 6.00. The minimum Gasteiger partial charge on any atom is -0.481 e. The number of esters is 1. The minimum absolute atomic E-state index is 0.00285. The highest BCUT2D eigenvalue weighted by molar-refractivity contribution is 5.69. The maximum Gasteiger partial charge on any atom is 0.306 e. The van der Waals surface area contributed by atoms with E-state index in [1.807, 2.05) is 0 Å². The van der Waals surface area contributed by atoms with E-state index in [2.05, 4.69) is 50.3 Å². The number of carboxylic acids is 1. The second kappa shape index (κ2) is 35.6. The quantitative estimate of drug-likeness (QED) is 0.0444. The predicted octanol–water partition coefficient (Wildman–Crippen LogP) is 13.0. The number of carbonyl (C=O) groups excluding carboxylic acids is 1. The van der Waals surface area contributed by atoms with Crippen LogP contribution in [0, 0.1) is 0 Å². The second-order valence-electron chi connectivity index (χ2n) is 12.7. The van der Waals surface area contributed by atoms with E-state index in [1.54, 1.807) is 0 Å². The van der Waals surface area contributed by atoms with Gasteiger partial charge in [-0.05, 0) is 70.6 Å². The van der Waals surface area contributed by atoms with Gasteiger partial charge in [0, 0.05) is 12.8 Å². The maximum absolute atomic E-state index is 12.6. The molecule has 0 aliphatic carbocycles. The normalized spacial score (nSPS) is 12.6. The summed E-state index contributed by atoms with van der Waals surface area (Å²) in [6, 6.07) is 0. The van der Waals surface area contributed by atoms with Crippen LogP contribution in [0.5, 0.6) is 0 Å². The molecule has 0 amide bonds. The molecule has 0 saturated carbocycles. The van der Waals surface area contributed by atoms with Crippen LogP contribution in [0.15, 0.2) is 36.5 Å². The number of rotatable bonds is 34. The van der Waals surface area contributed by atoms with Gasteiger partial charge in [-0.3, -0.25) is 9.59 Å². The van der Waals surface area contributed by atoms with Crippen molar-refractivity contribution in [3.63, 3.8) is 0 Å². The van der Waals surface area contributed by atoms with Gasteiger partial charge in [-0.2, -0.15) is 0 Å². The van der Waals surface area contributed by atoms with Crippen LogP contribution >= 0.6 is 0 Å². The van der Waals surface area contributed by atoms with Gasteiger partial charge in [-0.15, -0.1) is 0 Å². The number of hydrogen-bond donors (Lipinski definition) is 1. The average Bonchev–Trinajstić information content (AvgIpc) is 3.01. The van der Waals surface area contributed by atoms with E-state index in [4.69, 9.17) is 9.84 Å². The molecule has 0 fully saturated rings. The second-order valence-corrected chi connectivity index (χ2v) is 12.7. The maximum atomic E-state index is 12.6. The topological polar surface area (TPSA) is 63.6 Å². The van der Waals surface area contributed by atoms with Crippen molar-refractivity contribution in [1.29, 1.82) is 0 Å². The predicted molar refractivity (Wildman–Crippen MR) is 190 cm³/mol. The Morgan fingerprint density at radius 1 is 0.523 bits per heavy atom. The van der Waals surface area contributed by atoms with Crippen molar-refractivity contribution in [3.05, 3.63) is 36.5 Å². The molecule has 1 N–H and O–H groups in total. The number of carboxylic acid groups (broad SMARTS) is 1. The van der Waals surface area contributed by atoms with Crippen molar-refractivity contribution in [2.45, 2.75) is 206 Å². The summed E-state index contributed by atoms with van der Waals surface area (Å²) in [6.45, 7) is 4.43. The molecule has 0 rings (SSSR count). The zero-order valence-electron chi connectivity index (χ0n) is 29.2. The first kappa shape index (κ1) is 42.2. The Morgan fingerprint density at radius 2 is 0.955 bits per heavy atom. The first-order valence-electron chi connectivity index (χ1n) is 19.0. The molecule has 0 aliphatic rings. The van der Waals surface area contributed by atoms with Crippen LogP contribution in [0.3, 0.4) is 0 Å². The molecule has 0 saturated heterocycles. The van der Waals surface area contributed by atoms with E-state index in [0.29, 0.717) is 6.42 Å². The van der Waals surface area contributed by atoms with Gasteiger partial charge in [0.15, 0.2) is 0 Å². The highest BCUT2D eigenvalue weighted by Gasteiger charge is 2.14. The molecule has 0 aromatic heterocycles. The molecule has 0 bridgehead atoms. The lowest BCUT2D eigenvalue weighted by atomic mass is 10.0. The first-order chi connectivity index (χ1) is 21.6. The number of carbonyl (C=O) groups is 2. The molecule has 0 aromatic rings. The van der Waals surface area contributed by atoms with E-state index in [9.17, 15) is 9.59 Å². The first-order valence-corrected chi connectivity index (χ1v) is 19.0. The summed E-state index contributed by atoms with van der Waals surface area (Å²) in [5.74, 6) is -0.697. The number of unbranched alkanes of at least 4 members (excludes halogenated alkanes) is 19. The SMILES string of the molecule is CC/C=C\C/C=C\C/C=C\CCCCCCCC(=O)OC(CCCCCCCCCCCC)CCCCCCCCC(=O)O. The van der Waals surface area contributed by atoms with Gasteiger partial charge >= 0.3 is 11.9 Å². The van der Waals surface area contributed by atoms with Crippen LogP contribution < -0.4 is 0 Å². The Labute approximate surface area is 273 Å². The van der Waals surface area contributed by atoms with Gasteiger partial charge in [0.05, 0.1) is 0 Å². The number of hydrogen-bond acceptors (Lipinski definition) is 3. The van der Waals surface area contributed by atoms with Gasteiger partial charge in [0.1, 0.15) is 6.10 Å². The van der Waals surface area contributed by atoms with Crippen molar-refractivity contribution in [2.75, 3.05) is 0 Å². The van der Waals surface area contributed by atoms with Crippen LogP contribution in [0.25, 0.3) is 0 Å². The van der Waals surface area contributed by atoms with Crippen LogP contribution in [-0.4, -0.2) is 23.1 Å². The summed E-state index contributed by atoms with van der Waals surface area (Å²) in [6.07, 6.45) is 45.9. The highest BCUT2D eigenvalue weighted by atomic mass is 16.5. The molecule has 0 spiro atoms. The van der Waals surface area contributed by atoms with E-state index >= 15 is 0 Å². The van der Waals surface area contributed by atoms with E-state index in [0.717, 1.165) is 96.3 Å². The minimum atomic E-state index is -0.695. The zero-order chi connectivity index (χ0) is 32.2. The van der Waals surface area contributed by atoms with Gasteiger partial charge in [0.2, 0.25) is 0 Å². The number of ether oxygens (including phenoxy) is 1. The summed E-state index contributed by atoms with van der Waals surface area (Å²) in [4.78, 5) is 23.3. The third-order valence-electron chi connectivity index (χ3n) is 8.38. The van der Waals surface area contributed by atoms with E-state index in [-0.39, 0.29) is 18.5 Å². The third kappa shape index (κ3) is 34.6. The monoisotopic (exact) mass is 617 g/mol. The lowest BCUT2D eigenvalue weighted by molar-refractivity contribution is -0.150. The Hall–Kier alpha value is -1.84.